The maximum Gasteiger partial charge on any atom is 0.416 e. The molecule has 2 aromatic carbocycles. The average Bonchev–Trinajstić information content (AvgIpc) is 3.18. The Labute approximate surface area is 171 Å². The van der Waals surface area contributed by atoms with Crippen LogP contribution in [0.25, 0.3) is 0 Å². The highest BCUT2D eigenvalue weighted by Gasteiger charge is 2.33. The van der Waals surface area contributed by atoms with Crippen molar-refractivity contribution in [2.75, 3.05) is 17.2 Å². The fraction of sp³-hybridized carbons (Fsp3) is 0.286. The van der Waals surface area contributed by atoms with Crippen LogP contribution < -0.4 is 10.6 Å². The quantitative estimate of drug-likeness (QED) is 0.789. The first kappa shape index (κ1) is 21.4. The first-order chi connectivity index (χ1) is 14.2. The number of nitrogens with one attached hydrogen (secondary N) is 2. The summed E-state index contributed by atoms with van der Waals surface area (Å²) < 4.78 is 38.7. The molecule has 0 radical (unpaired) electrons. The number of rotatable bonds is 4. The van der Waals surface area contributed by atoms with Crippen LogP contribution >= 0.6 is 0 Å². The maximum atomic E-state index is 12.9. The zero-order valence-electron chi connectivity index (χ0n) is 16.1. The van der Waals surface area contributed by atoms with Crippen molar-refractivity contribution in [1.29, 1.82) is 0 Å². The van der Waals surface area contributed by atoms with Crippen molar-refractivity contribution >= 4 is 29.1 Å². The molecular formula is C21H20F3N3O3. The van der Waals surface area contributed by atoms with Crippen LogP contribution in [0.15, 0.2) is 48.5 Å². The third-order valence-corrected chi connectivity index (χ3v) is 4.84. The predicted molar refractivity (Wildman–Crippen MR) is 105 cm³/mol. The van der Waals surface area contributed by atoms with E-state index in [1.807, 2.05) is 0 Å². The minimum absolute atomic E-state index is 0.0190. The second kappa shape index (κ2) is 8.56. The number of carbonyl (C=O) groups is 3. The highest BCUT2D eigenvalue weighted by molar-refractivity contribution is 6.10. The Morgan fingerprint density at radius 1 is 1.03 bits per heavy atom. The number of hydrogen-bond acceptors (Lipinski definition) is 3. The van der Waals surface area contributed by atoms with Gasteiger partial charge in [0.1, 0.15) is 6.04 Å². The summed E-state index contributed by atoms with van der Waals surface area (Å²) in [5.41, 5.74) is -0.597. The molecule has 1 aliphatic rings. The molecule has 0 bridgehead atoms. The van der Waals surface area contributed by atoms with E-state index in [0.29, 0.717) is 19.4 Å². The van der Waals surface area contributed by atoms with E-state index < -0.39 is 29.6 Å². The summed E-state index contributed by atoms with van der Waals surface area (Å²) in [6, 6.07) is 9.83. The molecule has 158 valence electrons. The van der Waals surface area contributed by atoms with Gasteiger partial charge in [0.2, 0.25) is 11.8 Å². The van der Waals surface area contributed by atoms with Gasteiger partial charge in [0.25, 0.3) is 5.91 Å². The molecule has 0 spiro atoms. The zero-order chi connectivity index (χ0) is 21.9. The Balaban J connectivity index is 1.77. The van der Waals surface area contributed by atoms with Crippen molar-refractivity contribution in [3.63, 3.8) is 0 Å². The number of amides is 3. The molecule has 3 rings (SSSR count). The molecule has 1 atom stereocenters. The van der Waals surface area contributed by atoms with Gasteiger partial charge >= 0.3 is 6.18 Å². The van der Waals surface area contributed by atoms with Crippen molar-refractivity contribution < 1.29 is 27.6 Å². The van der Waals surface area contributed by atoms with Crippen LogP contribution in [-0.4, -0.2) is 35.2 Å². The number of alkyl halides is 3. The molecule has 1 unspecified atom stereocenters. The van der Waals surface area contributed by atoms with E-state index in [1.165, 1.54) is 36.1 Å². The topological polar surface area (TPSA) is 78.5 Å². The summed E-state index contributed by atoms with van der Waals surface area (Å²) in [7, 11) is 0. The van der Waals surface area contributed by atoms with Gasteiger partial charge in [-0.1, -0.05) is 18.2 Å². The first-order valence-electron chi connectivity index (χ1n) is 9.32. The molecule has 0 saturated carbocycles. The molecule has 9 heteroatoms. The molecule has 6 nitrogen and oxygen atoms in total. The molecule has 30 heavy (non-hydrogen) atoms. The Bertz CT molecular complexity index is 975. The third-order valence-electron chi connectivity index (χ3n) is 4.84. The summed E-state index contributed by atoms with van der Waals surface area (Å²) in [5, 5.41) is 5.09. The number of para-hydroxylation sites is 1. The Morgan fingerprint density at radius 3 is 2.47 bits per heavy atom. The second-order valence-corrected chi connectivity index (χ2v) is 6.94. The van der Waals surface area contributed by atoms with Gasteiger partial charge in [0.05, 0.1) is 16.8 Å². The van der Waals surface area contributed by atoms with Crippen LogP contribution in [0.1, 0.15) is 35.7 Å². The number of halogens is 3. The van der Waals surface area contributed by atoms with E-state index in [4.69, 9.17) is 0 Å². The third kappa shape index (κ3) is 4.79. The average molecular weight is 419 g/mol. The minimum Gasteiger partial charge on any atom is -0.331 e. The Morgan fingerprint density at radius 2 is 1.77 bits per heavy atom. The Hall–Kier alpha value is -3.36. The molecular weight excluding hydrogens is 399 g/mol. The van der Waals surface area contributed by atoms with Gasteiger partial charge in [-0.05, 0) is 43.2 Å². The number of carbonyl (C=O) groups excluding carboxylic acids is 3. The molecule has 1 fully saturated rings. The number of anilines is 2. The number of hydrogen-bond donors (Lipinski definition) is 2. The summed E-state index contributed by atoms with van der Waals surface area (Å²) in [6.45, 7) is 1.88. The second-order valence-electron chi connectivity index (χ2n) is 6.94. The summed E-state index contributed by atoms with van der Waals surface area (Å²) in [6.07, 6.45) is -3.31. The van der Waals surface area contributed by atoms with E-state index in [1.54, 1.807) is 12.1 Å². The molecule has 2 N–H and O–H groups in total. The predicted octanol–water partition coefficient (Wildman–Crippen LogP) is 3.91. The van der Waals surface area contributed by atoms with Crippen molar-refractivity contribution in [3.05, 3.63) is 59.7 Å². The lowest BCUT2D eigenvalue weighted by molar-refractivity contribution is -0.137. The summed E-state index contributed by atoms with van der Waals surface area (Å²) >= 11 is 0. The largest absolute Gasteiger partial charge is 0.416 e. The van der Waals surface area contributed by atoms with E-state index in [0.717, 1.165) is 12.1 Å². The van der Waals surface area contributed by atoms with Crippen LogP contribution in [0.3, 0.4) is 0 Å². The minimum atomic E-state index is -4.53. The number of nitrogens with zero attached hydrogens (tertiary/aromatic N) is 1. The monoisotopic (exact) mass is 419 g/mol. The number of likely N-dealkylation sites (tertiary alicyclic amines) is 1. The number of benzene rings is 2. The lowest BCUT2D eigenvalue weighted by atomic mass is 10.1. The van der Waals surface area contributed by atoms with Crippen LogP contribution in [0.4, 0.5) is 24.5 Å². The van der Waals surface area contributed by atoms with Gasteiger partial charge in [-0.3, -0.25) is 14.4 Å². The van der Waals surface area contributed by atoms with E-state index in [2.05, 4.69) is 10.6 Å². The molecule has 0 aromatic heterocycles. The molecule has 1 saturated heterocycles. The summed E-state index contributed by atoms with van der Waals surface area (Å²) in [5.74, 6) is -1.29. The van der Waals surface area contributed by atoms with Gasteiger partial charge in [-0.15, -0.1) is 0 Å². The van der Waals surface area contributed by atoms with Crippen LogP contribution in [-0.2, 0) is 15.8 Å². The SMILES string of the molecule is CC(=O)N1CCCC1C(=O)Nc1ccccc1C(=O)Nc1cccc(C(F)(F)F)c1. The lowest BCUT2D eigenvalue weighted by Gasteiger charge is -2.23. The van der Waals surface area contributed by atoms with Crippen LogP contribution in [0.5, 0.6) is 0 Å². The molecule has 0 aliphatic carbocycles. The van der Waals surface area contributed by atoms with E-state index >= 15 is 0 Å². The maximum absolute atomic E-state index is 12.9. The Kier molecular flexibility index (Phi) is 6.09. The van der Waals surface area contributed by atoms with Gasteiger partial charge in [-0.25, -0.2) is 0 Å². The normalized spacial score (nSPS) is 16.3. The standard InChI is InChI=1S/C21H20F3N3O3/c1-13(28)27-11-5-10-18(27)20(30)26-17-9-3-2-8-16(17)19(29)25-15-7-4-6-14(12-15)21(22,23)24/h2-4,6-9,12,18H,5,10-11H2,1H3,(H,25,29)(H,26,30). The van der Waals surface area contributed by atoms with Gasteiger partial charge in [-0.2, -0.15) is 13.2 Å². The molecule has 1 heterocycles. The fourth-order valence-electron chi connectivity index (χ4n) is 3.39. The van der Waals surface area contributed by atoms with Gasteiger partial charge < -0.3 is 15.5 Å². The van der Waals surface area contributed by atoms with E-state index in [-0.39, 0.29) is 22.8 Å². The molecule has 1 aliphatic heterocycles. The highest BCUT2D eigenvalue weighted by Crippen LogP contribution is 2.31. The van der Waals surface area contributed by atoms with Gasteiger partial charge in [0.15, 0.2) is 0 Å². The van der Waals surface area contributed by atoms with Crippen molar-refractivity contribution in [2.45, 2.75) is 32.0 Å². The van der Waals surface area contributed by atoms with Gasteiger partial charge in [0, 0.05) is 19.2 Å². The highest BCUT2D eigenvalue weighted by atomic mass is 19.4. The van der Waals surface area contributed by atoms with Crippen molar-refractivity contribution in [3.8, 4) is 0 Å². The van der Waals surface area contributed by atoms with Crippen LogP contribution in [0, 0.1) is 0 Å². The van der Waals surface area contributed by atoms with Crippen molar-refractivity contribution in [1.82, 2.24) is 4.90 Å². The van der Waals surface area contributed by atoms with Crippen molar-refractivity contribution in [2.24, 2.45) is 0 Å². The smallest absolute Gasteiger partial charge is 0.331 e. The first-order valence-corrected chi connectivity index (χ1v) is 9.32. The molecule has 2 aromatic rings. The van der Waals surface area contributed by atoms with E-state index in [9.17, 15) is 27.6 Å². The summed E-state index contributed by atoms with van der Waals surface area (Å²) in [4.78, 5) is 38.5. The van der Waals surface area contributed by atoms with Crippen LogP contribution in [0.2, 0.25) is 0 Å². The zero-order valence-corrected chi connectivity index (χ0v) is 16.1. The fourth-order valence-corrected chi connectivity index (χ4v) is 3.39. The lowest BCUT2D eigenvalue weighted by Crippen LogP contribution is -2.42. The molecule has 3 amide bonds.